The van der Waals surface area contributed by atoms with Crippen molar-refractivity contribution in [3.8, 4) is 5.69 Å². The third-order valence-electron chi connectivity index (χ3n) is 4.87. The number of carbonyl (C=O) groups excluding carboxylic acids is 1. The van der Waals surface area contributed by atoms with Crippen LogP contribution in [0.1, 0.15) is 28.7 Å². The minimum atomic E-state index is 0.0268. The predicted molar refractivity (Wildman–Crippen MR) is 102 cm³/mol. The fraction of sp³-hybridized carbons (Fsp3) is 0.368. The van der Waals surface area contributed by atoms with Gasteiger partial charge in [-0.25, -0.2) is 4.68 Å². The van der Waals surface area contributed by atoms with E-state index in [4.69, 9.17) is 0 Å². The first kappa shape index (κ1) is 16.3. The SMILES string of the molecule is Cc1nn(-c2ccccc2)c2sc(C(=O)NC3CCNCC3C)cc12. The number of rotatable bonds is 3. The van der Waals surface area contributed by atoms with E-state index < -0.39 is 0 Å². The van der Waals surface area contributed by atoms with Crippen molar-refractivity contribution < 1.29 is 4.79 Å². The van der Waals surface area contributed by atoms with Crippen LogP contribution in [0.4, 0.5) is 0 Å². The van der Waals surface area contributed by atoms with Gasteiger partial charge in [-0.05, 0) is 50.6 Å². The van der Waals surface area contributed by atoms with Crippen LogP contribution in [0.5, 0.6) is 0 Å². The summed E-state index contributed by atoms with van der Waals surface area (Å²) in [6, 6.07) is 12.3. The van der Waals surface area contributed by atoms with E-state index in [9.17, 15) is 4.79 Å². The molecule has 2 N–H and O–H groups in total. The van der Waals surface area contributed by atoms with Crippen LogP contribution in [0.15, 0.2) is 36.4 Å². The Hall–Kier alpha value is -2.18. The molecule has 1 aromatic carbocycles. The third kappa shape index (κ3) is 3.07. The van der Waals surface area contributed by atoms with E-state index in [-0.39, 0.29) is 11.9 Å². The van der Waals surface area contributed by atoms with Gasteiger partial charge in [0.05, 0.1) is 16.3 Å². The van der Waals surface area contributed by atoms with Crippen LogP contribution in [0.2, 0.25) is 0 Å². The Labute approximate surface area is 151 Å². The van der Waals surface area contributed by atoms with E-state index in [0.29, 0.717) is 5.92 Å². The molecule has 2 aromatic heterocycles. The number of para-hydroxylation sites is 1. The molecule has 6 heteroatoms. The van der Waals surface area contributed by atoms with Gasteiger partial charge in [-0.2, -0.15) is 5.10 Å². The van der Waals surface area contributed by atoms with Gasteiger partial charge in [-0.3, -0.25) is 4.79 Å². The standard InChI is InChI=1S/C19H22N4OS/c1-12-11-20-9-8-16(12)21-18(24)17-10-15-13(2)22-23(19(15)25-17)14-6-4-3-5-7-14/h3-7,10,12,16,20H,8-9,11H2,1-2H3,(H,21,24). The Balaban J connectivity index is 1.64. The second kappa shape index (κ2) is 6.61. The monoisotopic (exact) mass is 354 g/mol. The number of aromatic nitrogens is 2. The van der Waals surface area contributed by atoms with Crippen LogP contribution in [-0.2, 0) is 0 Å². The minimum Gasteiger partial charge on any atom is -0.348 e. The summed E-state index contributed by atoms with van der Waals surface area (Å²) < 4.78 is 1.93. The Bertz CT molecular complexity index is 899. The number of nitrogens with zero attached hydrogens (tertiary/aromatic N) is 2. The Morgan fingerprint density at radius 3 is 2.92 bits per heavy atom. The average molecular weight is 354 g/mol. The van der Waals surface area contributed by atoms with Crippen molar-refractivity contribution in [2.75, 3.05) is 13.1 Å². The van der Waals surface area contributed by atoms with Crippen LogP contribution in [-0.4, -0.2) is 34.8 Å². The number of amides is 1. The van der Waals surface area contributed by atoms with Gasteiger partial charge in [0.15, 0.2) is 0 Å². The zero-order valence-electron chi connectivity index (χ0n) is 14.5. The summed E-state index contributed by atoms with van der Waals surface area (Å²) in [5.74, 6) is 0.479. The van der Waals surface area contributed by atoms with Crippen molar-refractivity contribution in [2.45, 2.75) is 26.3 Å². The third-order valence-corrected chi connectivity index (χ3v) is 5.98. The molecule has 1 amide bonds. The summed E-state index contributed by atoms with van der Waals surface area (Å²) >= 11 is 1.51. The zero-order valence-corrected chi connectivity index (χ0v) is 15.3. The van der Waals surface area contributed by atoms with Gasteiger partial charge in [0, 0.05) is 11.4 Å². The number of hydrogen-bond acceptors (Lipinski definition) is 4. The molecule has 3 heterocycles. The number of hydrogen-bond donors (Lipinski definition) is 2. The lowest BCUT2D eigenvalue weighted by molar-refractivity contribution is 0.0918. The maximum absolute atomic E-state index is 12.7. The molecule has 5 nitrogen and oxygen atoms in total. The highest BCUT2D eigenvalue weighted by molar-refractivity contribution is 7.20. The molecule has 0 aliphatic carbocycles. The number of nitrogens with one attached hydrogen (secondary N) is 2. The number of benzene rings is 1. The summed E-state index contributed by atoms with van der Waals surface area (Å²) in [5, 5.41) is 12.3. The molecule has 0 saturated carbocycles. The molecule has 1 fully saturated rings. The van der Waals surface area contributed by atoms with Gasteiger partial charge in [0.25, 0.3) is 5.91 Å². The summed E-state index contributed by atoms with van der Waals surface area (Å²) in [4.78, 5) is 14.5. The van der Waals surface area contributed by atoms with E-state index in [2.05, 4.69) is 22.7 Å². The van der Waals surface area contributed by atoms with E-state index in [1.54, 1.807) is 0 Å². The molecular formula is C19H22N4OS. The van der Waals surface area contributed by atoms with Crippen LogP contribution >= 0.6 is 11.3 Å². The largest absolute Gasteiger partial charge is 0.348 e. The number of thiophene rings is 1. The molecule has 2 atom stereocenters. The summed E-state index contributed by atoms with van der Waals surface area (Å²) in [7, 11) is 0. The highest BCUT2D eigenvalue weighted by Gasteiger charge is 2.24. The van der Waals surface area contributed by atoms with Crippen molar-refractivity contribution in [1.29, 1.82) is 0 Å². The van der Waals surface area contributed by atoms with Crippen molar-refractivity contribution in [1.82, 2.24) is 20.4 Å². The Morgan fingerprint density at radius 1 is 1.36 bits per heavy atom. The summed E-state index contributed by atoms with van der Waals surface area (Å²) in [6.07, 6.45) is 0.981. The highest BCUT2D eigenvalue weighted by atomic mass is 32.1. The molecule has 3 aromatic rings. The van der Waals surface area contributed by atoms with Crippen LogP contribution in [0.3, 0.4) is 0 Å². The molecular weight excluding hydrogens is 332 g/mol. The van der Waals surface area contributed by atoms with E-state index >= 15 is 0 Å². The first-order valence-corrected chi connectivity index (χ1v) is 9.51. The lowest BCUT2D eigenvalue weighted by Gasteiger charge is -2.30. The number of carbonyl (C=O) groups is 1. The molecule has 25 heavy (non-hydrogen) atoms. The van der Waals surface area contributed by atoms with Crippen molar-refractivity contribution in [3.63, 3.8) is 0 Å². The molecule has 1 aliphatic heterocycles. The maximum atomic E-state index is 12.7. The smallest absolute Gasteiger partial charge is 0.261 e. The van der Waals surface area contributed by atoms with Crippen LogP contribution in [0, 0.1) is 12.8 Å². The second-order valence-corrected chi connectivity index (χ2v) is 7.74. The van der Waals surface area contributed by atoms with Gasteiger partial charge in [-0.15, -0.1) is 11.3 Å². The fourth-order valence-corrected chi connectivity index (χ4v) is 4.46. The highest BCUT2D eigenvalue weighted by Crippen LogP contribution is 2.30. The zero-order chi connectivity index (χ0) is 17.4. The van der Waals surface area contributed by atoms with Gasteiger partial charge in [-0.1, -0.05) is 25.1 Å². The van der Waals surface area contributed by atoms with Crippen molar-refractivity contribution in [3.05, 3.63) is 47.0 Å². The average Bonchev–Trinajstić information content (AvgIpc) is 3.19. The van der Waals surface area contributed by atoms with E-state index in [1.165, 1.54) is 11.3 Å². The van der Waals surface area contributed by atoms with Gasteiger partial charge in [0.2, 0.25) is 0 Å². The molecule has 1 saturated heterocycles. The molecule has 2 unspecified atom stereocenters. The molecule has 130 valence electrons. The van der Waals surface area contributed by atoms with Crippen molar-refractivity contribution >= 4 is 27.5 Å². The molecule has 4 rings (SSSR count). The first-order valence-electron chi connectivity index (χ1n) is 8.69. The van der Waals surface area contributed by atoms with Gasteiger partial charge in [0.1, 0.15) is 4.83 Å². The minimum absolute atomic E-state index is 0.0268. The predicted octanol–water partition coefficient (Wildman–Crippen LogP) is 3.12. The summed E-state index contributed by atoms with van der Waals surface area (Å²) in [5.41, 5.74) is 1.96. The number of aryl methyl sites for hydroxylation is 1. The van der Waals surface area contributed by atoms with Crippen molar-refractivity contribution in [2.24, 2.45) is 5.92 Å². The molecule has 0 spiro atoms. The maximum Gasteiger partial charge on any atom is 0.261 e. The topological polar surface area (TPSA) is 59.0 Å². The fourth-order valence-electron chi connectivity index (χ4n) is 3.37. The Morgan fingerprint density at radius 2 is 2.16 bits per heavy atom. The normalized spacial score (nSPS) is 20.7. The van der Waals surface area contributed by atoms with Gasteiger partial charge < -0.3 is 10.6 Å². The van der Waals surface area contributed by atoms with Crippen LogP contribution in [0.25, 0.3) is 15.9 Å². The summed E-state index contributed by atoms with van der Waals surface area (Å²) in [6.45, 7) is 6.09. The first-order chi connectivity index (χ1) is 12.1. The van der Waals surface area contributed by atoms with Crippen LogP contribution < -0.4 is 10.6 Å². The number of piperidine rings is 1. The Kier molecular flexibility index (Phi) is 4.31. The quantitative estimate of drug-likeness (QED) is 0.760. The lowest BCUT2D eigenvalue weighted by Crippen LogP contribution is -2.48. The molecule has 0 radical (unpaired) electrons. The lowest BCUT2D eigenvalue weighted by atomic mass is 9.95. The number of fused-ring (bicyclic) bond motifs is 1. The van der Waals surface area contributed by atoms with E-state index in [1.807, 2.05) is 48.0 Å². The second-order valence-electron chi connectivity index (χ2n) is 6.71. The molecule has 1 aliphatic rings. The van der Waals surface area contributed by atoms with E-state index in [0.717, 1.165) is 46.0 Å². The molecule has 0 bridgehead atoms. The van der Waals surface area contributed by atoms with Gasteiger partial charge >= 0.3 is 0 Å².